The minimum atomic E-state index is 0.700. The first-order chi connectivity index (χ1) is 8.52. The molecule has 0 radical (unpaired) electrons. The van der Waals surface area contributed by atoms with E-state index in [0.29, 0.717) is 5.92 Å². The van der Waals surface area contributed by atoms with E-state index < -0.39 is 0 Å². The highest BCUT2D eigenvalue weighted by Gasteiger charge is 2.27. The van der Waals surface area contributed by atoms with E-state index in [1.807, 2.05) is 19.9 Å². The highest BCUT2D eigenvalue weighted by Crippen LogP contribution is 2.30. The molecule has 1 fully saturated rings. The maximum Gasteiger partial charge on any atom is 0.147 e. The largest absolute Gasteiger partial charge is 0.355 e. The van der Waals surface area contributed by atoms with Crippen molar-refractivity contribution in [3.63, 3.8) is 0 Å². The van der Waals surface area contributed by atoms with Gasteiger partial charge in [0.1, 0.15) is 11.9 Å². The molecule has 1 saturated heterocycles. The van der Waals surface area contributed by atoms with E-state index in [2.05, 4.69) is 29.8 Å². The molecular weight excluding hydrogens is 222 g/mol. The second-order valence-corrected chi connectivity index (χ2v) is 5.63. The van der Waals surface area contributed by atoms with Crippen LogP contribution in [0.1, 0.15) is 37.1 Å². The molecule has 0 aliphatic carbocycles. The van der Waals surface area contributed by atoms with Crippen molar-refractivity contribution in [3.05, 3.63) is 22.9 Å². The van der Waals surface area contributed by atoms with Gasteiger partial charge in [0.25, 0.3) is 0 Å². The lowest BCUT2D eigenvalue weighted by molar-refractivity contribution is 0.422. The molecule has 96 valence electrons. The van der Waals surface area contributed by atoms with E-state index in [-0.39, 0.29) is 0 Å². The van der Waals surface area contributed by atoms with Crippen LogP contribution < -0.4 is 4.90 Å². The zero-order valence-electron chi connectivity index (χ0n) is 11.7. The molecule has 3 nitrogen and oxygen atoms in total. The normalized spacial score (nSPS) is 19.3. The van der Waals surface area contributed by atoms with Crippen LogP contribution >= 0.6 is 0 Å². The molecule has 1 unspecified atom stereocenters. The zero-order chi connectivity index (χ0) is 13.3. The lowest BCUT2D eigenvalue weighted by atomic mass is 9.95. The van der Waals surface area contributed by atoms with Crippen molar-refractivity contribution in [1.29, 1.82) is 5.26 Å². The molecule has 2 heterocycles. The molecule has 1 aromatic heterocycles. The van der Waals surface area contributed by atoms with Gasteiger partial charge < -0.3 is 4.90 Å². The monoisotopic (exact) mass is 243 g/mol. The Hall–Kier alpha value is -1.56. The molecular formula is C15H21N3. The highest BCUT2D eigenvalue weighted by molar-refractivity contribution is 5.58. The van der Waals surface area contributed by atoms with Crippen molar-refractivity contribution < 1.29 is 0 Å². The van der Waals surface area contributed by atoms with Crippen molar-refractivity contribution in [2.45, 2.75) is 34.1 Å². The first-order valence-electron chi connectivity index (χ1n) is 6.66. The molecule has 18 heavy (non-hydrogen) atoms. The summed E-state index contributed by atoms with van der Waals surface area (Å²) in [6.07, 6.45) is 1.21. The summed E-state index contributed by atoms with van der Waals surface area (Å²) in [6, 6.07) is 4.29. The lowest BCUT2D eigenvalue weighted by Gasteiger charge is -2.21. The molecule has 2 rings (SSSR count). The van der Waals surface area contributed by atoms with Crippen LogP contribution in [0.2, 0.25) is 0 Å². The van der Waals surface area contributed by atoms with Crippen LogP contribution in [0.15, 0.2) is 6.07 Å². The highest BCUT2D eigenvalue weighted by atomic mass is 15.2. The topological polar surface area (TPSA) is 39.9 Å². The van der Waals surface area contributed by atoms with Crippen LogP contribution in [0.5, 0.6) is 0 Å². The fourth-order valence-electron chi connectivity index (χ4n) is 2.71. The number of hydrogen-bond donors (Lipinski definition) is 0. The predicted molar refractivity (Wildman–Crippen MR) is 73.6 cm³/mol. The molecule has 0 spiro atoms. The van der Waals surface area contributed by atoms with Gasteiger partial charge in [-0.15, -0.1) is 0 Å². The molecule has 0 amide bonds. The summed E-state index contributed by atoms with van der Waals surface area (Å²) in [6.45, 7) is 10.6. The van der Waals surface area contributed by atoms with E-state index in [0.717, 1.165) is 41.6 Å². The molecule has 0 bridgehead atoms. The maximum atomic E-state index is 9.31. The standard InChI is InChI=1S/C15H21N3/c1-10(2)13-5-6-18(9-13)15-14(8-16)11(3)7-12(4)17-15/h7,10,13H,5-6,9H2,1-4H3. The minimum absolute atomic E-state index is 0.700. The van der Waals surface area contributed by atoms with Crippen LogP contribution in [0, 0.1) is 37.0 Å². The van der Waals surface area contributed by atoms with Crippen LogP contribution in [0.4, 0.5) is 5.82 Å². The van der Waals surface area contributed by atoms with E-state index in [1.54, 1.807) is 0 Å². The second-order valence-electron chi connectivity index (χ2n) is 5.63. The van der Waals surface area contributed by atoms with Gasteiger partial charge in [-0.2, -0.15) is 5.26 Å². The third kappa shape index (κ3) is 2.33. The van der Waals surface area contributed by atoms with E-state index in [1.165, 1.54) is 6.42 Å². The predicted octanol–water partition coefficient (Wildman–Crippen LogP) is 3.05. The van der Waals surface area contributed by atoms with Crippen molar-refractivity contribution in [1.82, 2.24) is 4.98 Å². The van der Waals surface area contributed by atoms with Gasteiger partial charge in [-0.05, 0) is 43.7 Å². The number of pyridine rings is 1. The Kier molecular flexibility index (Phi) is 3.56. The van der Waals surface area contributed by atoms with Crippen molar-refractivity contribution >= 4 is 5.82 Å². The Labute approximate surface area is 109 Å². The van der Waals surface area contributed by atoms with Gasteiger partial charge in [0, 0.05) is 18.8 Å². The molecule has 1 aliphatic rings. The Morgan fingerprint density at radius 1 is 1.44 bits per heavy atom. The first-order valence-corrected chi connectivity index (χ1v) is 6.66. The minimum Gasteiger partial charge on any atom is -0.355 e. The smallest absolute Gasteiger partial charge is 0.147 e. The van der Waals surface area contributed by atoms with Gasteiger partial charge in [-0.3, -0.25) is 0 Å². The second kappa shape index (κ2) is 4.97. The molecule has 0 saturated carbocycles. The summed E-state index contributed by atoms with van der Waals surface area (Å²) in [7, 11) is 0. The summed E-state index contributed by atoms with van der Waals surface area (Å²) in [5.41, 5.74) is 2.77. The summed E-state index contributed by atoms with van der Waals surface area (Å²) in [5, 5.41) is 9.31. The zero-order valence-corrected chi connectivity index (χ0v) is 11.7. The van der Waals surface area contributed by atoms with Crippen LogP contribution in [0.3, 0.4) is 0 Å². The van der Waals surface area contributed by atoms with Gasteiger partial charge >= 0.3 is 0 Å². The van der Waals surface area contributed by atoms with E-state index in [9.17, 15) is 5.26 Å². The van der Waals surface area contributed by atoms with Gasteiger partial charge in [0.2, 0.25) is 0 Å². The third-order valence-electron chi connectivity index (χ3n) is 3.90. The molecule has 0 N–H and O–H groups in total. The Morgan fingerprint density at radius 2 is 2.17 bits per heavy atom. The molecule has 1 aliphatic heterocycles. The average Bonchev–Trinajstić information content (AvgIpc) is 2.77. The average molecular weight is 243 g/mol. The van der Waals surface area contributed by atoms with Crippen molar-refractivity contribution in [2.75, 3.05) is 18.0 Å². The Morgan fingerprint density at radius 3 is 2.72 bits per heavy atom. The Balaban J connectivity index is 2.32. The Bertz CT molecular complexity index is 485. The summed E-state index contributed by atoms with van der Waals surface area (Å²) in [5.74, 6) is 2.31. The SMILES string of the molecule is Cc1cc(C)c(C#N)c(N2CCC(C(C)C)C2)n1. The van der Waals surface area contributed by atoms with Crippen LogP contribution in [-0.4, -0.2) is 18.1 Å². The number of anilines is 1. The quantitative estimate of drug-likeness (QED) is 0.801. The first kappa shape index (κ1) is 12.9. The van der Waals surface area contributed by atoms with Crippen molar-refractivity contribution in [2.24, 2.45) is 11.8 Å². The van der Waals surface area contributed by atoms with Crippen molar-refractivity contribution in [3.8, 4) is 6.07 Å². The third-order valence-corrected chi connectivity index (χ3v) is 3.90. The van der Waals surface area contributed by atoms with E-state index >= 15 is 0 Å². The lowest BCUT2D eigenvalue weighted by Crippen LogP contribution is -2.23. The van der Waals surface area contributed by atoms with Gasteiger partial charge in [-0.25, -0.2) is 4.98 Å². The number of aryl methyl sites for hydroxylation is 2. The number of aromatic nitrogens is 1. The molecule has 1 aromatic rings. The van der Waals surface area contributed by atoms with Gasteiger partial charge in [-0.1, -0.05) is 13.8 Å². The molecule has 3 heteroatoms. The number of nitrogens with zero attached hydrogens (tertiary/aromatic N) is 3. The summed E-state index contributed by atoms with van der Waals surface area (Å²) in [4.78, 5) is 6.86. The van der Waals surface area contributed by atoms with Crippen LogP contribution in [-0.2, 0) is 0 Å². The molecule has 1 atom stereocenters. The van der Waals surface area contributed by atoms with Gasteiger partial charge in [0.15, 0.2) is 0 Å². The fourth-order valence-corrected chi connectivity index (χ4v) is 2.71. The summed E-state index contributed by atoms with van der Waals surface area (Å²) < 4.78 is 0. The van der Waals surface area contributed by atoms with Crippen LogP contribution in [0.25, 0.3) is 0 Å². The molecule has 0 aromatic carbocycles. The maximum absolute atomic E-state index is 9.31. The number of rotatable bonds is 2. The number of hydrogen-bond acceptors (Lipinski definition) is 3. The van der Waals surface area contributed by atoms with E-state index in [4.69, 9.17) is 0 Å². The summed E-state index contributed by atoms with van der Waals surface area (Å²) >= 11 is 0. The number of nitriles is 1. The fraction of sp³-hybridized carbons (Fsp3) is 0.600. The van der Waals surface area contributed by atoms with Gasteiger partial charge in [0.05, 0.1) is 5.56 Å².